The number of benzene rings is 2. The summed E-state index contributed by atoms with van der Waals surface area (Å²) in [4.78, 5) is 7.97. The molecule has 0 atom stereocenters. The minimum Gasteiger partial charge on any atom is -0.398 e. The van der Waals surface area contributed by atoms with Crippen molar-refractivity contribution in [1.82, 2.24) is 9.97 Å². The van der Waals surface area contributed by atoms with Gasteiger partial charge in [-0.05, 0) is 35.4 Å². The first-order valence-corrected chi connectivity index (χ1v) is 7.60. The Bertz CT molecular complexity index is 925. The topological polar surface area (TPSA) is 134 Å². The van der Waals surface area contributed by atoms with Crippen LogP contribution < -0.4 is 16.8 Å². The van der Waals surface area contributed by atoms with E-state index in [0.717, 1.165) is 22.4 Å². The Balaban J connectivity index is 2.07. The Morgan fingerprint density at radius 2 is 2.00 bits per heavy atom. The van der Waals surface area contributed by atoms with Crippen molar-refractivity contribution >= 4 is 29.4 Å². The molecule has 7 heteroatoms. The maximum absolute atomic E-state index is 9.35. The van der Waals surface area contributed by atoms with Crippen LogP contribution in [0.1, 0.15) is 11.1 Å². The number of nitrogens with one attached hydrogen (secondary N) is 2. The predicted molar refractivity (Wildman–Crippen MR) is 99.8 cm³/mol. The van der Waals surface area contributed by atoms with Gasteiger partial charge in [0.15, 0.2) is 0 Å². The number of hydrogen-bond acceptors (Lipinski definition) is 7. The number of nitrogen functional groups attached to an aromatic ring is 2. The molecule has 0 aliphatic carbocycles. The Labute approximate surface area is 144 Å². The molecule has 0 radical (unpaired) electrons. The van der Waals surface area contributed by atoms with Crippen molar-refractivity contribution < 1.29 is 5.11 Å². The molecule has 0 saturated carbocycles. The molecule has 0 spiro atoms. The molecular weight excluding hydrogens is 316 g/mol. The van der Waals surface area contributed by atoms with Gasteiger partial charge in [0.05, 0.1) is 6.61 Å². The molecule has 7 N–H and O–H groups in total. The second kappa shape index (κ2) is 6.98. The number of anilines is 4. The van der Waals surface area contributed by atoms with Gasteiger partial charge < -0.3 is 27.3 Å². The van der Waals surface area contributed by atoms with Gasteiger partial charge in [0, 0.05) is 34.9 Å². The minimum atomic E-state index is -0.0523. The van der Waals surface area contributed by atoms with Crippen molar-refractivity contribution in [3.8, 4) is 11.1 Å². The second-order valence-electron chi connectivity index (χ2n) is 5.45. The number of aromatic nitrogens is 2. The number of aliphatic hydroxyl groups is 1. The summed E-state index contributed by atoms with van der Waals surface area (Å²) in [6.45, 7) is -0.0523. The van der Waals surface area contributed by atoms with Crippen LogP contribution in [0.2, 0.25) is 0 Å². The van der Waals surface area contributed by atoms with E-state index >= 15 is 0 Å². The van der Waals surface area contributed by atoms with Crippen molar-refractivity contribution in [2.75, 3.05) is 16.8 Å². The Morgan fingerprint density at radius 3 is 2.72 bits per heavy atom. The van der Waals surface area contributed by atoms with Gasteiger partial charge in [-0.3, -0.25) is 0 Å². The first kappa shape index (κ1) is 16.4. The van der Waals surface area contributed by atoms with E-state index in [4.69, 9.17) is 16.9 Å². The van der Waals surface area contributed by atoms with Crippen molar-refractivity contribution in [2.24, 2.45) is 0 Å². The van der Waals surface area contributed by atoms with Gasteiger partial charge in [-0.15, -0.1) is 0 Å². The third kappa shape index (κ3) is 3.56. The van der Waals surface area contributed by atoms with Crippen LogP contribution in [0, 0.1) is 5.41 Å². The standard InChI is InChI=1S/C18H18N6O/c19-9-13-7-14(23-16-4-5-22-18(21)24-16)8-15(17(13)20)12-3-1-2-11(6-12)10-25/h1-9,19,25H,10,20H2,(H3,21,22,23,24). The first-order valence-electron chi connectivity index (χ1n) is 7.60. The van der Waals surface area contributed by atoms with Crippen LogP contribution in [0.25, 0.3) is 11.1 Å². The second-order valence-corrected chi connectivity index (χ2v) is 5.45. The lowest BCUT2D eigenvalue weighted by atomic mass is 9.98. The average Bonchev–Trinajstić information content (AvgIpc) is 2.63. The van der Waals surface area contributed by atoms with Crippen molar-refractivity contribution in [3.63, 3.8) is 0 Å². The maximum Gasteiger partial charge on any atom is 0.221 e. The molecule has 1 aromatic heterocycles. The van der Waals surface area contributed by atoms with Crippen LogP contribution >= 0.6 is 0 Å². The number of aliphatic hydroxyl groups excluding tert-OH is 1. The molecule has 0 amide bonds. The van der Waals surface area contributed by atoms with E-state index in [1.54, 1.807) is 18.3 Å². The van der Waals surface area contributed by atoms with Gasteiger partial charge in [0.25, 0.3) is 0 Å². The minimum absolute atomic E-state index is 0.0523. The summed E-state index contributed by atoms with van der Waals surface area (Å²) < 4.78 is 0. The monoisotopic (exact) mass is 334 g/mol. The quantitative estimate of drug-likeness (QED) is 0.359. The third-order valence-electron chi connectivity index (χ3n) is 3.73. The predicted octanol–water partition coefficient (Wildman–Crippen LogP) is 2.54. The molecule has 0 fully saturated rings. The largest absolute Gasteiger partial charge is 0.398 e. The lowest BCUT2D eigenvalue weighted by Crippen LogP contribution is -2.02. The number of nitrogens with two attached hydrogens (primary N) is 2. The van der Waals surface area contributed by atoms with Crippen LogP contribution in [-0.2, 0) is 6.61 Å². The van der Waals surface area contributed by atoms with E-state index in [-0.39, 0.29) is 12.6 Å². The smallest absolute Gasteiger partial charge is 0.221 e. The molecule has 2 aromatic carbocycles. The van der Waals surface area contributed by atoms with Crippen molar-refractivity contribution in [1.29, 1.82) is 5.41 Å². The van der Waals surface area contributed by atoms with E-state index in [1.165, 1.54) is 6.21 Å². The molecule has 3 aromatic rings. The summed E-state index contributed by atoms with van der Waals surface area (Å²) in [5.74, 6) is 0.715. The van der Waals surface area contributed by atoms with E-state index in [2.05, 4.69) is 15.3 Å². The molecular formula is C18H18N6O. The molecule has 1 heterocycles. The highest BCUT2D eigenvalue weighted by Gasteiger charge is 2.10. The Morgan fingerprint density at radius 1 is 1.16 bits per heavy atom. The zero-order chi connectivity index (χ0) is 17.8. The lowest BCUT2D eigenvalue weighted by Gasteiger charge is -2.14. The Kier molecular flexibility index (Phi) is 4.58. The normalized spacial score (nSPS) is 10.4. The molecule has 0 saturated heterocycles. The van der Waals surface area contributed by atoms with Gasteiger partial charge in [0.2, 0.25) is 5.95 Å². The van der Waals surface area contributed by atoms with E-state index < -0.39 is 0 Å². The zero-order valence-electron chi connectivity index (χ0n) is 13.4. The molecule has 7 nitrogen and oxygen atoms in total. The summed E-state index contributed by atoms with van der Waals surface area (Å²) in [5.41, 5.74) is 16.0. The number of rotatable bonds is 5. The summed E-state index contributed by atoms with van der Waals surface area (Å²) in [6, 6.07) is 12.8. The molecule has 0 unspecified atom stereocenters. The van der Waals surface area contributed by atoms with Gasteiger partial charge in [-0.25, -0.2) is 4.98 Å². The van der Waals surface area contributed by atoms with Crippen LogP contribution in [0.4, 0.5) is 23.1 Å². The summed E-state index contributed by atoms with van der Waals surface area (Å²) in [7, 11) is 0. The molecule has 126 valence electrons. The van der Waals surface area contributed by atoms with Crippen LogP contribution in [-0.4, -0.2) is 21.3 Å². The van der Waals surface area contributed by atoms with Gasteiger partial charge in [-0.1, -0.05) is 18.2 Å². The molecule has 25 heavy (non-hydrogen) atoms. The van der Waals surface area contributed by atoms with E-state index in [1.807, 2.05) is 30.3 Å². The average molecular weight is 334 g/mol. The van der Waals surface area contributed by atoms with E-state index in [0.29, 0.717) is 17.1 Å². The van der Waals surface area contributed by atoms with Crippen molar-refractivity contribution in [2.45, 2.75) is 6.61 Å². The highest BCUT2D eigenvalue weighted by molar-refractivity contribution is 5.95. The summed E-state index contributed by atoms with van der Waals surface area (Å²) in [6.07, 6.45) is 2.76. The van der Waals surface area contributed by atoms with Crippen LogP contribution in [0.3, 0.4) is 0 Å². The number of nitrogens with zero attached hydrogens (tertiary/aromatic N) is 2. The highest BCUT2D eigenvalue weighted by Crippen LogP contribution is 2.33. The fourth-order valence-corrected chi connectivity index (χ4v) is 2.53. The van der Waals surface area contributed by atoms with Gasteiger partial charge in [-0.2, -0.15) is 4.98 Å². The molecule has 0 aliphatic heterocycles. The SMILES string of the molecule is N=Cc1cc(Nc2ccnc(N)n2)cc(-c2cccc(CO)c2)c1N. The van der Waals surface area contributed by atoms with E-state index in [9.17, 15) is 5.11 Å². The zero-order valence-corrected chi connectivity index (χ0v) is 13.4. The Hall–Kier alpha value is -3.45. The van der Waals surface area contributed by atoms with Gasteiger partial charge in [0.1, 0.15) is 5.82 Å². The maximum atomic E-state index is 9.35. The van der Waals surface area contributed by atoms with Crippen molar-refractivity contribution in [3.05, 3.63) is 59.8 Å². The first-order chi connectivity index (χ1) is 12.1. The van der Waals surface area contributed by atoms with Gasteiger partial charge >= 0.3 is 0 Å². The van der Waals surface area contributed by atoms with Crippen LogP contribution in [0.5, 0.6) is 0 Å². The molecule has 0 bridgehead atoms. The number of hydrogen-bond donors (Lipinski definition) is 5. The third-order valence-corrected chi connectivity index (χ3v) is 3.73. The highest BCUT2D eigenvalue weighted by atomic mass is 16.3. The summed E-state index contributed by atoms with van der Waals surface area (Å²) in [5, 5.41) is 20.1. The molecule has 0 aliphatic rings. The van der Waals surface area contributed by atoms with Crippen LogP contribution in [0.15, 0.2) is 48.7 Å². The fourth-order valence-electron chi connectivity index (χ4n) is 2.53. The lowest BCUT2D eigenvalue weighted by molar-refractivity contribution is 0.282. The molecule has 3 rings (SSSR count). The fraction of sp³-hybridized carbons (Fsp3) is 0.0556. The summed E-state index contributed by atoms with van der Waals surface area (Å²) >= 11 is 0.